The minimum Gasteiger partial charge on any atom is -0.486 e. The zero-order valence-electron chi connectivity index (χ0n) is 18.5. The van der Waals surface area contributed by atoms with Crippen LogP contribution < -0.4 is 19.5 Å². The molecule has 2 heterocycles. The van der Waals surface area contributed by atoms with E-state index in [1.54, 1.807) is 18.2 Å². The van der Waals surface area contributed by atoms with Gasteiger partial charge in [-0.1, -0.05) is 18.2 Å². The molecule has 10 heteroatoms. The molecule has 2 atom stereocenters. The van der Waals surface area contributed by atoms with Crippen molar-refractivity contribution in [3.8, 4) is 17.2 Å². The molecule has 0 bridgehead atoms. The number of benzene rings is 2. The molecule has 2 aliphatic heterocycles. The summed E-state index contributed by atoms with van der Waals surface area (Å²) in [5, 5.41) is 14.1. The molecular formula is C24H27F3N2O5. The number of hydrogen-bond donors (Lipinski definition) is 2. The molecule has 4 rings (SSSR count). The predicted octanol–water partition coefficient (Wildman–Crippen LogP) is 3.21. The van der Waals surface area contributed by atoms with E-state index in [1.165, 1.54) is 24.3 Å². The first-order chi connectivity index (χ1) is 16.3. The van der Waals surface area contributed by atoms with Gasteiger partial charge in [0.15, 0.2) is 11.5 Å². The van der Waals surface area contributed by atoms with E-state index in [-0.39, 0.29) is 18.1 Å². The van der Waals surface area contributed by atoms with Crippen molar-refractivity contribution in [1.82, 2.24) is 10.2 Å². The highest BCUT2D eigenvalue weighted by Crippen LogP contribution is 2.33. The number of rotatable bonds is 8. The Morgan fingerprint density at radius 3 is 2.41 bits per heavy atom. The van der Waals surface area contributed by atoms with Gasteiger partial charge in [0.1, 0.15) is 25.1 Å². The predicted molar refractivity (Wildman–Crippen MR) is 117 cm³/mol. The van der Waals surface area contributed by atoms with E-state index in [1.807, 2.05) is 0 Å². The highest BCUT2D eigenvalue weighted by Gasteiger charge is 2.31. The first-order valence-corrected chi connectivity index (χ1v) is 11.2. The highest BCUT2D eigenvalue weighted by molar-refractivity contribution is 5.79. The standard InChI is InChI=1S/C24H27F3N2O5/c25-24(26,27)34-18-6-3-16(4-7-18)13-22(30)28-19(15-29-9-1-2-10-29)23(31)17-5-8-20-21(14-17)33-12-11-32-20/h3-8,14,19,23,31H,1-2,9-13,15H2,(H,28,30)/t19-,23-/m1/s1. The van der Waals surface area contributed by atoms with Crippen molar-refractivity contribution in [3.63, 3.8) is 0 Å². The maximum Gasteiger partial charge on any atom is 0.573 e. The molecule has 1 fully saturated rings. The van der Waals surface area contributed by atoms with E-state index in [2.05, 4.69) is 15.0 Å². The van der Waals surface area contributed by atoms with Gasteiger partial charge in [0.25, 0.3) is 0 Å². The van der Waals surface area contributed by atoms with E-state index < -0.39 is 18.5 Å². The third-order valence-electron chi connectivity index (χ3n) is 5.81. The van der Waals surface area contributed by atoms with Crippen LogP contribution in [0, 0.1) is 0 Å². The number of aliphatic hydroxyl groups is 1. The van der Waals surface area contributed by atoms with Crippen LogP contribution in [0.3, 0.4) is 0 Å². The van der Waals surface area contributed by atoms with Crippen LogP contribution in [0.1, 0.15) is 30.1 Å². The van der Waals surface area contributed by atoms with Crippen molar-refractivity contribution < 1.29 is 37.3 Å². The number of amides is 1. The Hall–Kier alpha value is -2.98. The summed E-state index contributed by atoms with van der Waals surface area (Å²) in [5.74, 6) is 0.471. The summed E-state index contributed by atoms with van der Waals surface area (Å²) < 4.78 is 52.0. The summed E-state index contributed by atoms with van der Waals surface area (Å²) in [4.78, 5) is 15.0. The van der Waals surface area contributed by atoms with Crippen molar-refractivity contribution in [2.75, 3.05) is 32.8 Å². The van der Waals surface area contributed by atoms with Crippen LogP contribution in [-0.2, 0) is 11.2 Å². The summed E-state index contributed by atoms with van der Waals surface area (Å²) in [6.07, 6.45) is -3.68. The average Bonchev–Trinajstić information content (AvgIpc) is 3.31. The second-order valence-corrected chi connectivity index (χ2v) is 8.40. The second-order valence-electron chi connectivity index (χ2n) is 8.40. The van der Waals surface area contributed by atoms with Crippen LogP contribution in [0.4, 0.5) is 13.2 Å². The van der Waals surface area contributed by atoms with Crippen LogP contribution >= 0.6 is 0 Å². The molecule has 0 radical (unpaired) electrons. The maximum absolute atomic E-state index is 12.8. The van der Waals surface area contributed by atoms with Crippen LogP contribution in [0.15, 0.2) is 42.5 Å². The zero-order valence-corrected chi connectivity index (χ0v) is 18.5. The molecule has 34 heavy (non-hydrogen) atoms. The molecule has 2 aliphatic rings. The molecule has 1 amide bonds. The van der Waals surface area contributed by atoms with Gasteiger partial charge < -0.3 is 29.5 Å². The van der Waals surface area contributed by atoms with Crippen molar-refractivity contribution in [1.29, 1.82) is 0 Å². The van der Waals surface area contributed by atoms with E-state index in [0.29, 0.717) is 42.4 Å². The lowest BCUT2D eigenvalue weighted by molar-refractivity contribution is -0.274. The second kappa shape index (κ2) is 10.5. The third-order valence-corrected chi connectivity index (χ3v) is 5.81. The molecule has 2 aromatic rings. The molecule has 0 spiro atoms. The van der Waals surface area contributed by atoms with Crippen LogP contribution in [0.5, 0.6) is 17.2 Å². The molecular weight excluding hydrogens is 453 g/mol. The van der Waals surface area contributed by atoms with Gasteiger partial charge in [-0.15, -0.1) is 13.2 Å². The van der Waals surface area contributed by atoms with Gasteiger partial charge in [-0.2, -0.15) is 0 Å². The lowest BCUT2D eigenvalue weighted by Crippen LogP contribution is -2.47. The number of fused-ring (bicyclic) bond motifs is 1. The number of carbonyl (C=O) groups is 1. The number of halogens is 3. The number of hydrogen-bond acceptors (Lipinski definition) is 6. The minimum atomic E-state index is -4.77. The number of carbonyl (C=O) groups excluding carboxylic acids is 1. The monoisotopic (exact) mass is 480 g/mol. The molecule has 2 aromatic carbocycles. The van der Waals surface area contributed by atoms with Crippen molar-refractivity contribution >= 4 is 5.91 Å². The van der Waals surface area contributed by atoms with Crippen LogP contribution in [0.2, 0.25) is 0 Å². The van der Waals surface area contributed by atoms with Crippen molar-refractivity contribution in [2.45, 2.75) is 37.8 Å². The summed E-state index contributed by atoms with van der Waals surface area (Å²) in [6, 6.07) is 9.79. The number of likely N-dealkylation sites (tertiary alicyclic amines) is 1. The number of alkyl halides is 3. The third kappa shape index (κ3) is 6.54. The highest BCUT2D eigenvalue weighted by atomic mass is 19.4. The van der Waals surface area contributed by atoms with Gasteiger partial charge in [-0.25, -0.2) is 0 Å². The van der Waals surface area contributed by atoms with Gasteiger partial charge in [0, 0.05) is 6.54 Å². The average molecular weight is 480 g/mol. The van der Waals surface area contributed by atoms with Gasteiger partial charge in [0.05, 0.1) is 12.5 Å². The fourth-order valence-corrected chi connectivity index (χ4v) is 4.20. The summed E-state index contributed by atoms with van der Waals surface area (Å²) in [5.41, 5.74) is 1.13. The Morgan fingerprint density at radius 1 is 1.06 bits per heavy atom. The Labute approximate surface area is 195 Å². The molecule has 0 unspecified atom stereocenters. The molecule has 0 saturated carbocycles. The number of nitrogens with zero attached hydrogens (tertiary/aromatic N) is 1. The first-order valence-electron chi connectivity index (χ1n) is 11.2. The Morgan fingerprint density at radius 2 is 1.74 bits per heavy atom. The number of aliphatic hydroxyl groups excluding tert-OH is 1. The van der Waals surface area contributed by atoms with E-state index in [0.717, 1.165) is 25.9 Å². The largest absolute Gasteiger partial charge is 0.573 e. The SMILES string of the molecule is O=C(Cc1ccc(OC(F)(F)F)cc1)N[C@H](CN1CCCC1)[C@H](O)c1ccc2c(c1)OCCO2. The van der Waals surface area contributed by atoms with E-state index >= 15 is 0 Å². The van der Waals surface area contributed by atoms with Gasteiger partial charge in [-0.3, -0.25) is 4.79 Å². The molecule has 0 aromatic heterocycles. The summed E-state index contributed by atoms with van der Waals surface area (Å²) >= 11 is 0. The Balaban J connectivity index is 1.43. The lowest BCUT2D eigenvalue weighted by atomic mass is 10.0. The zero-order chi connectivity index (χ0) is 24.1. The van der Waals surface area contributed by atoms with Crippen molar-refractivity contribution in [3.05, 3.63) is 53.6 Å². The Kier molecular flexibility index (Phi) is 7.47. The van der Waals surface area contributed by atoms with Gasteiger partial charge >= 0.3 is 6.36 Å². The van der Waals surface area contributed by atoms with Gasteiger partial charge in [-0.05, 0) is 61.3 Å². The van der Waals surface area contributed by atoms with Crippen LogP contribution in [0.25, 0.3) is 0 Å². The quantitative estimate of drug-likeness (QED) is 0.604. The summed E-state index contributed by atoms with van der Waals surface area (Å²) in [7, 11) is 0. The fraction of sp³-hybridized carbons (Fsp3) is 0.458. The number of nitrogens with one attached hydrogen (secondary N) is 1. The molecule has 7 nitrogen and oxygen atoms in total. The fourth-order valence-electron chi connectivity index (χ4n) is 4.20. The Bertz CT molecular complexity index is 978. The molecule has 1 saturated heterocycles. The van der Waals surface area contributed by atoms with Crippen molar-refractivity contribution in [2.24, 2.45) is 0 Å². The smallest absolute Gasteiger partial charge is 0.486 e. The molecule has 184 valence electrons. The maximum atomic E-state index is 12.8. The lowest BCUT2D eigenvalue weighted by Gasteiger charge is -2.29. The normalized spacial score (nSPS) is 17.8. The molecule has 2 N–H and O–H groups in total. The minimum absolute atomic E-state index is 0.0450. The molecule has 0 aliphatic carbocycles. The van der Waals surface area contributed by atoms with Gasteiger partial charge in [0.2, 0.25) is 5.91 Å². The van der Waals surface area contributed by atoms with E-state index in [4.69, 9.17) is 9.47 Å². The topological polar surface area (TPSA) is 80.3 Å². The summed E-state index contributed by atoms with van der Waals surface area (Å²) in [6.45, 7) is 3.14. The first kappa shape index (κ1) is 24.2. The number of ether oxygens (including phenoxy) is 3. The van der Waals surface area contributed by atoms with E-state index in [9.17, 15) is 23.1 Å². The van der Waals surface area contributed by atoms with Crippen LogP contribution in [-0.4, -0.2) is 61.2 Å².